The van der Waals surface area contributed by atoms with E-state index in [2.05, 4.69) is 28.4 Å². The summed E-state index contributed by atoms with van der Waals surface area (Å²) in [7, 11) is 0. The van der Waals surface area contributed by atoms with E-state index >= 15 is 0 Å². The highest BCUT2D eigenvalue weighted by atomic mass is 32.1. The summed E-state index contributed by atoms with van der Waals surface area (Å²) >= 11 is 1.67. The van der Waals surface area contributed by atoms with Gasteiger partial charge in [0.25, 0.3) is 5.91 Å². The molecule has 1 aromatic heterocycles. The number of nitrogens with zero attached hydrogens (tertiary/aromatic N) is 1. The van der Waals surface area contributed by atoms with Crippen molar-refractivity contribution in [3.8, 4) is 0 Å². The molecule has 1 aromatic carbocycles. The fraction of sp³-hybridized carbons (Fsp3) is 0.450. The number of aryl methyl sites for hydroxylation is 2. The smallest absolute Gasteiger partial charge is 0.261 e. The minimum absolute atomic E-state index is 0.00346. The van der Waals surface area contributed by atoms with Gasteiger partial charge < -0.3 is 10.1 Å². The van der Waals surface area contributed by atoms with Crippen LogP contribution in [-0.2, 0) is 17.6 Å². The molecule has 1 N–H and O–H groups in total. The number of morpholine rings is 1. The quantitative estimate of drug-likeness (QED) is 0.895. The van der Waals surface area contributed by atoms with Crippen molar-refractivity contribution in [1.29, 1.82) is 0 Å². The van der Waals surface area contributed by atoms with Gasteiger partial charge in [-0.05, 0) is 36.5 Å². The van der Waals surface area contributed by atoms with E-state index in [0.717, 1.165) is 56.1 Å². The van der Waals surface area contributed by atoms with Gasteiger partial charge in [-0.25, -0.2) is 0 Å². The van der Waals surface area contributed by atoms with Crippen LogP contribution in [-0.4, -0.2) is 43.7 Å². The van der Waals surface area contributed by atoms with Crippen molar-refractivity contribution in [1.82, 2.24) is 10.2 Å². The van der Waals surface area contributed by atoms with Gasteiger partial charge in [0, 0.05) is 24.5 Å². The number of benzene rings is 1. The Bertz CT molecular complexity index is 701. The summed E-state index contributed by atoms with van der Waals surface area (Å²) in [5, 5.41) is 3.27. The fourth-order valence-electron chi connectivity index (χ4n) is 3.63. The molecular weight excluding hydrogens is 332 g/mol. The molecule has 1 fully saturated rings. The lowest BCUT2D eigenvalue weighted by Gasteiger charge is -2.31. The van der Waals surface area contributed by atoms with E-state index < -0.39 is 0 Å². The fourth-order valence-corrected chi connectivity index (χ4v) is 4.79. The Morgan fingerprint density at radius 2 is 2.00 bits per heavy atom. The predicted molar refractivity (Wildman–Crippen MR) is 100 cm³/mol. The van der Waals surface area contributed by atoms with Gasteiger partial charge in [0.2, 0.25) is 0 Å². The van der Waals surface area contributed by atoms with Crippen LogP contribution in [0.15, 0.2) is 36.4 Å². The monoisotopic (exact) mass is 356 g/mol. The Balaban J connectivity index is 1.49. The largest absolute Gasteiger partial charge is 0.379 e. The van der Waals surface area contributed by atoms with Crippen molar-refractivity contribution >= 4 is 17.2 Å². The average molecular weight is 356 g/mol. The summed E-state index contributed by atoms with van der Waals surface area (Å²) in [5.74, 6) is 0.0570. The summed E-state index contributed by atoms with van der Waals surface area (Å²) < 4.78 is 5.44. The van der Waals surface area contributed by atoms with Gasteiger partial charge in [-0.15, -0.1) is 11.3 Å². The summed E-state index contributed by atoms with van der Waals surface area (Å²) in [4.78, 5) is 17.5. The number of rotatable bonds is 5. The maximum absolute atomic E-state index is 12.8. The van der Waals surface area contributed by atoms with Crippen molar-refractivity contribution in [2.75, 3.05) is 32.8 Å². The van der Waals surface area contributed by atoms with Crippen LogP contribution in [0.1, 0.15) is 38.1 Å². The minimum atomic E-state index is 0.00346. The van der Waals surface area contributed by atoms with E-state index in [1.165, 1.54) is 16.9 Å². The minimum Gasteiger partial charge on any atom is -0.379 e. The van der Waals surface area contributed by atoms with E-state index in [4.69, 9.17) is 4.74 Å². The Labute approximate surface area is 152 Å². The molecule has 1 atom stereocenters. The highest BCUT2D eigenvalue weighted by Crippen LogP contribution is 2.31. The molecule has 2 aromatic rings. The first-order chi connectivity index (χ1) is 12.3. The van der Waals surface area contributed by atoms with Crippen LogP contribution in [0.25, 0.3) is 0 Å². The van der Waals surface area contributed by atoms with Gasteiger partial charge in [-0.1, -0.05) is 30.3 Å². The summed E-state index contributed by atoms with van der Waals surface area (Å²) in [6.07, 6.45) is 3.48. The molecule has 1 amide bonds. The molecule has 0 bridgehead atoms. The van der Waals surface area contributed by atoms with Crippen molar-refractivity contribution in [2.45, 2.75) is 25.3 Å². The number of thiophene rings is 1. The topological polar surface area (TPSA) is 41.6 Å². The molecule has 4 rings (SSSR count). The zero-order valence-corrected chi connectivity index (χ0v) is 15.2. The molecule has 132 valence electrons. The SMILES string of the molecule is O=C(N[C@H](CN1CCOCC1)c1ccccc1)c1cc2c(s1)CCC2. The Kier molecular flexibility index (Phi) is 5.15. The lowest BCUT2D eigenvalue weighted by atomic mass is 10.1. The van der Waals surface area contributed by atoms with Crippen molar-refractivity contribution in [3.63, 3.8) is 0 Å². The number of hydrogen-bond donors (Lipinski definition) is 1. The van der Waals surface area contributed by atoms with Gasteiger partial charge >= 0.3 is 0 Å². The zero-order valence-electron chi connectivity index (χ0n) is 14.4. The molecule has 0 unspecified atom stereocenters. The Morgan fingerprint density at radius 3 is 2.76 bits per heavy atom. The van der Waals surface area contributed by atoms with Crippen LogP contribution < -0.4 is 5.32 Å². The van der Waals surface area contributed by atoms with Gasteiger partial charge in [-0.3, -0.25) is 9.69 Å². The van der Waals surface area contributed by atoms with E-state index in [-0.39, 0.29) is 11.9 Å². The Hall–Kier alpha value is -1.69. The van der Waals surface area contributed by atoms with Crippen molar-refractivity contribution in [2.24, 2.45) is 0 Å². The number of fused-ring (bicyclic) bond motifs is 1. The molecule has 2 aliphatic rings. The molecule has 0 saturated carbocycles. The lowest BCUT2D eigenvalue weighted by molar-refractivity contribution is 0.0332. The standard InChI is InChI=1S/C20H24N2O2S/c23-20(19-13-16-7-4-8-18(16)25-19)21-17(15-5-2-1-3-6-15)14-22-9-11-24-12-10-22/h1-3,5-6,13,17H,4,7-12,14H2,(H,21,23)/t17-/m1/s1. The van der Waals surface area contributed by atoms with Crippen LogP contribution in [0.5, 0.6) is 0 Å². The highest BCUT2D eigenvalue weighted by molar-refractivity contribution is 7.14. The second-order valence-electron chi connectivity index (χ2n) is 6.76. The molecule has 1 saturated heterocycles. The van der Waals surface area contributed by atoms with Gasteiger partial charge in [0.1, 0.15) is 0 Å². The third-order valence-corrected chi connectivity index (χ3v) is 6.26. The molecule has 0 radical (unpaired) electrons. The number of amides is 1. The second kappa shape index (κ2) is 7.68. The molecule has 25 heavy (non-hydrogen) atoms. The first kappa shape index (κ1) is 16.8. The number of ether oxygens (including phenoxy) is 1. The van der Waals surface area contributed by atoms with Crippen LogP contribution in [0.3, 0.4) is 0 Å². The first-order valence-corrected chi connectivity index (χ1v) is 9.89. The number of nitrogens with one attached hydrogen (secondary N) is 1. The normalized spacial score (nSPS) is 18.7. The molecule has 4 nitrogen and oxygen atoms in total. The molecule has 1 aliphatic heterocycles. The van der Waals surface area contributed by atoms with Gasteiger partial charge in [-0.2, -0.15) is 0 Å². The molecular formula is C20H24N2O2S. The molecule has 1 aliphatic carbocycles. The number of carbonyl (C=O) groups excluding carboxylic acids is 1. The number of hydrogen-bond acceptors (Lipinski definition) is 4. The van der Waals surface area contributed by atoms with Crippen LogP contribution >= 0.6 is 11.3 Å². The summed E-state index contributed by atoms with van der Waals surface area (Å²) in [6.45, 7) is 4.21. The second-order valence-corrected chi connectivity index (χ2v) is 7.90. The number of carbonyl (C=O) groups is 1. The predicted octanol–water partition coefficient (Wildman–Crippen LogP) is 3.04. The van der Waals surface area contributed by atoms with Gasteiger partial charge in [0.15, 0.2) is 0 Å². The third-order valence-electron chi connectivity index (χ3n) is 5.02. The van der Waals surface area contributed by atoms with E-state index in [0.29, 0.717) is 0 Å². The molecule has 0 spiro atoms. The van der Waals surface area contributed by atoms with E-state index in [9.17, 15) is 4.79 Å². The molecule has 5 heteroatoms. The van der Waals surface area contributed by atoms with Crippen molar-refractivity contribution in [3.05, 3.63) is 57.3 Å². The molecule has 2 heterocycles. The maximum atomic E-state index is 12.8. The van der Waals surface area contributed by atoms with Gasteiger partial charge in [0.05, 0.1) is 24.1 Å². The summed E-state index contributed by atoms with van der Waals surface area (Å²) in [5.41, 5.74) is 2.53. The Morgan fingerprint density at radius 1 is 1.20 bits per heavy atom. The zero-order chi connectivity index (χ0) is 17.1. The first-order valence-electron chi connectivity index (χ1n) is 9.07. The van der Waals surface area contributed by atoms with E-state index in [1.807, 2.05) is 18.2 Å². The average Bonchev–Trinajstić information content (AvgIpc) is 3.25. The van der Waals surface area contributed by atoms with Crippen LogP contribution in [0.4, 0.5) is 0 Å². The maximum Gasteiger partial charge on any atom is 0.261 e. The van der Waals surface area contributed by atoms with Crippen molar-refractivity contribution < 1.29 is 9.53 Å². The van der Waals surface area contributed by atoms with Crippen LogP contribution in [0.2, 0.25) is 0 Å². The lowest BCUT2D eigenvalue weighted by Crippen LogP contribution is -2.43. The van der Waals surface area contributed by atoms with E-state index in [1.54, 1.807) is 11.3 Å². The van der Waals surface area contributed by atoms with Crippen LogP contribution in [0, 0.1) is 0 Å². The summed E-state index contributed by atoms with van der Waals surface area (Å²) in [6, 6.07) is 12.4. The highest BCUT2D eigenvalue weighted by Gasteiger charge is 2.23. The third kappa shape index (κ3) is 3.94.